The first-order valence-corrected chi connectivity index (χ1v) is 11.1. The van der Waals surface area contributed by atoms with Gasteiger partial charge in [-0.2, -0.15) is 5.26 Å². The van der Waals surface area contributed by atoms with Crippen molar-refractivity contribution in [1.82, 2.24) is 9.55 Å². The fraction of sp³-hybridized carbons (Fsp3) is 0.263. The molecule has 0 unspecified atom stereocenters. The van der Waals surface area contributed by atoms with Gasteiger partial charge >= 0.3 is 0 Å². The molecule has 6 nitrogen and oxygen atoms in total. The van der Waals surface area contributed by atoms with Gasteiger partial charge in [0.25, 0.3) is 0 Å². The third kappa shape index (κ3) is 4.50. The van der Waals surface area contributed by atoms with Gasteiger partial charge in [0.05, 0.1) is 27.6 Å². The van der Waals surface area contributed by atoms with E-state index in [1.165, 1.54) is 12.1 Å². The Balaban J connectivity index is 1.92. The average Bonchev–Trinajstić information content (AvgIpc) is 3.01. The Morgan fingerprint density at radius 3 is 2.59 bits per heavy atom. The molecule has 3 aromatic rings. The van der Waals surface area contributed by atoms with Gasteiger partial charge < -0.3 is 4.57 Å². The van der Waals surface area contributed by atoms with Crippen LogP contribution < -0.4 is 5.14 Å². The zero-order chi connectivity index (χ0) is 19.4. The zero-order valence-corrected chi connectivity index (χ0v) is 16.6. The lowest BCUT2D eigenvalue weighted by atomic mass is 10.2. The first-order chi connectivity index (χ1) is 12.9. The predicted octanol–water partition coefficient (Wildman–Crippen LogP) is 3.65. The first-order valence-electron chi connectivity index (χ1n) is 8.57. The van der Waals surface area contributed by atoms with Crippen molar-refractivity contribution in [3.63, 3.8) is 0 Å². The smallest absolute Gasteiger partial charge is 0.238 e. The summed E-state index contributed by atoms with van der Waals surface area (Å²) in [4.78, 5) is 4.71. The monoisotopic (exact) mass is 400 g/mol. The van der Waals surface area contributed by atoms with E-state index in [1.54, 1.807) is 30.0 Å². The molecule has 0 radical (unpaired) electrons. The molecule has 0 saturated heterocycles. The van der Waals surface area contributed by atoms with Crippen LogP contribution in [0.3, 0.4) is 0 Å². The van der Waals surface area contributed by atoms with Crippen LogP contribution in [0, 0.1) is 11.3 Å². The number of nitrogens with two attached hydrogens (primary N) is 1. The number of rotatable bonds is 7. The number of thioether (sulfide) groups is 1. The molecule has 27 heavy (non-hydrogen) atoms. The molecule has 2 aromatic carbocycles. The number of imidazole rings is 1. The van der Waals surface area contributed by atoms with E-state index in [1.807, 2.05) is 12.1 Å². The van der Waals surface area contributed by atoms with Gasteiger partial charge in [0.15, 0.2) is 5.16 Å². The summed E-state index contributed by atoms with van der Waals surface area (Å²) in [6, 6.07) is 14.4. The molecular weight excluding hydrogens is 380 g/mol. The first kappa shape index (κ1) is 19.4. The lowest BCUT2D eigenvalue weighted by Gasteiger charge is -2.08. The fourth-order valence-electron chi connectivity index (χ4n) is 2.73. The average molecular weight is 401 g/mol. The van der Waals surface area contributed by atoms with Crippen molar-refractivity contribution in [2.45, 2.75) is 42.1 Å². The number of nitrogens with zero attached hydrogens (tertiary/aromatic N) is 3. The maximum atomic E-state index is 11.6. The predicted molar refractivity (Wildman–Crippen MR) is 107 cm³/mol. The quantitative estimate of drug-likeness (QED) is 0.610. The summed E-state index contributed by atoms with van der Waals surface area (Å²) < 4.78 is 25.4. The summed E-state index contributed by atoms with van der Waals surface area (Å²) in [5, 5.41) is 15.0. The second-order valence-corrected chi connectivity index (χ2v) is 8.70. The standard InChI is InChI=1S/C19H20N4O2S2/c1-2-3-10-23-18-9-8-16(27(21,24)25)11-17(18)22-19(23)26-13-15-6-4-14(12-20)5-7-15/h4-9,11H,2-3,10,13H2,1H3,(H2,21,24,25). The summed E-state index contributed by atoms with van der Waals surface area (Å²) in [5.41, 5.74) is 3.26. The van der Waals surface area contributed by atoms with Gasteiger partial charge in [0, 0.05) is 12.3 Å². The van der Waals surface area contributed by atoms with Gasteiger partial charge in [0.2, 0.25) is 10.0 Å². The highest BCUT2D eigenvalue weighted by atomic mass is 32.2. The van der Waals surface area contributed by atoms with E-state index in [-0.39, 0.29) is 4.90 Å². The van der Waals surface area contributed by atoms with E-state index in [0.717, 1.165) is 35.6 Å². The number of unbranched alkanes of at least 4 members (excludes halogenated alkanes) is 1. The van der Waals surface area contributed by atoms with E-state index in [0.29, 0.717) is 16.8 Å². The molecule has 8 heteroatoms. The van der Waals surface area contributed by atoms with Gasteiger partial charge in [-0.1, -0.05) is 37.2 Å². The summed E-state index contributed by atoms with van der Waals surface area (Å²) >= 11 is 1.59. The van der Waals surface area contributed by atoms with Crippen LogP contribution in [0.1, 0.15) is 30.9 Å². The van der Waals surface area contributed by atoms with Gasteiger partial charge in [-0.05, 0) is 42.3 Å². The van der Waals surface area contributed by atoms with Crippen LogP contribution in [0.2, 0.25) is 0 Å². The van der Waals surface area contributed by atoms with E-state index in [4.69, 9.17) is 10.4 Å². The van der Waals surface area contributed by atoms with Crippen molar-refractivity contribution in [3.8, 4) is 6.07 Å². The van der Waals surface area contributed by atoms with E-state index in [9.17, 15) is 8.42 Å². The van der Waals surface area contributed by atoms with Gasteiger partial charge in [-0.15, -0.1) is 0 Å². The molecule has 2 N–H and O–H groups in total. The van der Waals surface area contributed by atoms with Crippen LogP contribution in [-0.4, -0.2) is 18.0 Å². The number of primary sulfonamides is 1. The van der Waals surface area contributed by atoms with Gasteiger partial charge in [-0.3, -0.25) is 0 Å². The summed E-state index contributed by atoms with van der Waals surface area (Å²) in [6.07, 6.45) is 2.06. The lowest BCUT2D eigenvalue weighted by Crippen LogP contribution is -2.11. The number of hydrogen-bond acceptors (Lipinski definition) is 5. The van der Waals surface area contributed by atoms with Crippen molar-refractivity contribution < 1.29 is 8.42 Å². The number of aryl methyl sites for hydroxylation is 1. The molecule has 0 atom stereocenters. The second-order valence-electron chi connectivity index (χ2n) is 6.19. The van der Waals surface area contributed by atoms with Crippen LogP contribution in [0.5, 0.6) is 0 Å². The minimum atomic E-state index is -3.76. The Kier molecular flexibility index (Phi) is 5.85. The van der Waals surface area contributed by atoms with Crippen molar-refractivity contribution >= 4 is 32.8 Å². The topological polar surface area (TPSA) is 102 Å². The molecule has 0 amide bonds. The van der Waals surface area contributed by atoms with Crippen LogP contribution in [0.15, 0.2) is 52.5 Å². The van der Waals surface area contributed by atoms with Crippen molar-refractivity contribution in [1.29, 1.82) is 5.26 Å². The zero-order valence-electron chi connectivity index (χ0n) is 14.9. The minimum Gasteiger partial charge on any atom is -0.319 e. The molecule has 140 valence electrons. The summed E-state index contributed by atoms with van der Waals surface area (Å²) in [6.45, 7) is 2.94. The van der Waals surface area contributed by atoms with Crippen molar-refractivity contribution in [2.75, 3.05) is 0 Å². The Labute approximate surface area is 163 Å². The molecule has 0 saturated carbocycles. The fourth-order valence-corrected chi connectivity index (χ4v) is 4.26. The maximum Gasteiger partial charge on any atom is 0.238 e. The number of hydrogen-bond donors (Lipinski definition) is 1. The molecule has 0 fully saturated rings. The molecule has 0 bridgehead atoms. The third-order valence-corrected chi connectivity index (χ3v) is 6.16. The number of sulfonamides is 1. The second kappa shape index (κ2) is 8.13. The highest BCUT2D eigenvalue weighted by Gasteiger charge is 2.15. The third-order valence-electron chi connectivity index (χ3n) is 4.20. The van der Waals surface area contributed by atoms with E-state index >= 15 is 0 Å². The molecule has 0 aliphatic carbocycles. The van der Waals surface area contributed by atoms with Gasteiger partial charge in [-0.25, -0.2) is 18.5 Å². The summed E-state index contributed by atoms with van der Waals surface area (Å²) in [7, 11) is -3.76. The SMILES string of the molecule is CCCCn1c(SCc2ccc(C#N)cc2)nc2cc(S(N)(=O)=O)ccc21. The molecule has 1 aromatic heterocycles. The van der Waals surface area contributed by atoms with Crippen LogP contribution in [0.4, 0.5) is 0 Å². The number of benzene rings is 2. The van der Waals surface area contributed by atoms with Gasteiger partial charge in [0.1, 0.15) is 0 Å². The Bertz CT molecular complexity index is 1100. The maximum absolute atomic E-state index is 11.6. The number of aromatic nitrogens is 2. The van der Waals surface area contributed by atoms with E-state index in [2.05, 4.69) is 22.5 Å². The van der Waals surface area contributed by atoms with Crippen molar-refractivity contribution in [2.24, 2.45) is 5.14 Å². The number of nitriles is 1. The molecule has 3 rings (SSSR count). The normalized spacial score (nSPS) is 11.6. The molecule has 0 aliphatic heterocycles. The highest BCUT2D eigenvalue weighted by Crippen LogP contribution is 2.28. The minimum absolute atomic E-state index is 0.0683. The van der Waals surface area contributed by atoms with Crippen LogP contribution in [0.25, 0.3) is 11.0 Å². The largest absolute Gasteiger partial charge is 0.319 e. The van der Waals surface area contributed by atoms with Crippen molar-refractivity contribution in [3.05, 3.63) is 53.6 Å². The number of fused-ring (bicyclic) bond motifs is 1. The molecule has 0 spiro atoms. The lowest BCUT2D eigenvalue weighted by molar-refractivity contribution is 0.597. The molecule has 0 aliphatic rings. The molecular formula is C19H20N4O2S2. The summed E-state index contributed by atoms with van der Waals surface area (Å²) in [5.74, 6) is 0.712. The van der Waals surface area contributed by atoms with E-state index < -0.39 is 10.0 Å². The Hall–Kier alpha value is -2.34. The van der Waals surface area contributed by atoms with Crippen LogP contribution in [-0.2, 0) is 22.3 Å². The van der Waals surface area contributed by atoms with Crippen LogP contribution >= 0.6 is 11.8 Å². The Morgan fingerprint density at radius 1 is 1.22 bits per heavy atom. The molecule has 1 heterocycles. The Morgan fingerprint density at radius 2 is 1.96 bits per heavy atom. The highest BCUT2D eigenvalue weighted by molar-refractivity contribution is 7.98.